The molecule has 1 aliphatic heterocycles. The molecule has 1 aliphatic rings. The zero-order valence-electron chi connectivity index (χ0n) is 12.7. The van der Waals surface area contributed by atoms with Gasteiger partial charge in [-0.15, -0.1) is 0 Å². The van der Waals surface area contributed by atoms with Crippen molar-refractivity contribution < 1.29 is 18.3 Å². The largest absolute Gasteiger partial charge is 0.463 e. The molecule has 22 heavy (non-hydrogen) atoms. The Labute approximate surface area is 128 Å². The van der Waals surface area contributed by atoms with Gasteiger partial charge in [-0.1, -0.05) is 13.0 Å². The van der Waals surface area contributed by atoms with Gasteiger partial charge in [0.1, 0.15) is 18.5 Å². The van der Waals surface area contributed by atoms with E-state index >= 15 is 0 Å². The van der Waals surface area contributed by atoms with Crippen LogP contribution in [-0.2, 0) is 11.2 Å². The van der Waals surface area contributed by atoms with E-state index in [1.165, 1.54) is 6.26 Å². The molecule has 0 saturated carbocycles. The van der Waals surface area contributed by atoms with Crippen molar-refractivity contribution in [2.75, 3.05) is 19.9 Å². The third-order valence-electron chi connectivity index (χ3n) is 4.38. The molecule has 2 heterocycles. The van der Waals surface area contributed by atoms with Gasteiger partial charge in [0.15, 0.2) is 0 Å². The molecule has 0 unspecified atom stereocenters. The van der Waals surface area contributed by atoms with Crippen molar-refractivity contribution in [1.82, 2.24) is 5.32 Å². The molecule has 0 spiro atoms. The van der Waals surface area contributed by atoms with E-state index in [1.54, 1.807) is 0 Å². The molecule has 1 aromatic heterocycles. The van der Waals surface area contributed by atoms with E-state index in [9.17, 15) is 9.18 Å². The molecule has 0 aliphatic carbocycles. The van der Waals surface area contributed by atoms with Crippen molar-refractivity contribution >= 4 is 16.9 Å². The second kappa shape index (κ2) is 6.08. The molecular formula is C17H20FNO3. The van der Waals surface area contributed by atoms with Gasteiger partial charge in [-0.05, 0) is 37.0 Å². The fourth-order valence-corrected chi connectivity index (χ4v) is 2.83. The van der Waals surface area contributed by atoms with Crippen LogP contribution in [0.2, 0.25) is 0 Å². The number of rotatable bonds is 4. The highest BCUT2D eigenvalue weighted by molar-refractivity contribution is 6.06. The predicted molar refractivity (Wildman–Crippen MR) is 81.8 cm³/mol. The standard InChI is InChI=1S/C17H20FNO3/c1-2-12-3-4-15-13(9-12)14(10-22-15)16(20)19-17(11-18)5-7-21-8-6-17/h3-4,9-10H,2,5-8,11H2,1H3,(H,19,20). The highest BCUT2D eigenvalue weighted by atomic mass is 19.1. The number of amides is 1. The van der Waals surface area contributed by atoms with E-state index in [0.29, 0.717) is 37.2 Å². The summed E-state index contributed by atoms with van der Waals surface area (Å²) in [7, 11) is 0. The first-order valence-electron chi connectivity index (χ1n) is 7.64. The summed E-state index contributed by atoms with van der Waals surface area (Å²) >= 11 is 0. The summed E-state index contributed by atoms with van der Waals surface area (Å²) in [4.78, 5) is 12.6. The Morgan fingerprint density at radius 2 is 2.14 bits per heavy atom. The monoisotopic (exact) mass is 305 g/mol. The number of hydrogen-bond donors (Lipinski definition) is 1. The van der Waals surface area contributed by atoms with Crippen molar-refractivity contribution in [3.63, 3.8) is 0 Å². The smallest absolute Gasteiger partial charge is 0.255 e. The van der Waals surface area contributed by atoms with Gasteiger partial charge in [-0.3, -0.25) is 4.79 Å². The number of hydrogen-bond acceptors (Lipinski definition) is 3. The molecule has 1 N–H and O–H groups in total. The summed E-state index contributed by atoms with van der Waals surface area (Å²) < 4.78 is 24.2. The van der Waals surface area contributed by atoms with E-state index in [0.717, 1.165) is 17.4 Å². The highest BCUT2D eigenvalue weighted by Gasteiger charge is 2.35. The minimum atomic E-state index is -0.818. The maximum absolute atomic E-state index is 13.5. The number of furan rings is 1. The molecule has 1 saturated heterocycles. The average Bonchev–Trinajstić information content (AvgIpc) is 2.98. The fourth-order valence-electron chi connectivity index (χ4n) is 2.83. The minimum Gasteiger partial charge on any atom is -0.463 e. The van der Waals surface area contributed by atoms with Gasteiger partial charge in [0, 0.05) is 18.6 Å². The number of aryl methyl sites for hydroxylation is 1. The van der Waals surface area contributed by atoms with Crippen LogP contribution in [0.15, 0.2) is 28.9 Å². The maximum atomic E-state index is 13.5. The number of carbonyl (C=O) groups is 1. The van der Waals surface area contributed by atoms with Crippen molar-refractivity contribution in [1.29, 1.82) is 0 Å². The molecule has 0 bridgehead atoms. The van der Waals surface area contributed by atoms with E-state index in [4.69, 9.17) is 9.15 Å². The Kier molecular flexibility index (Phi) is 4.16. The quantitative estimate of drug-likeness (QED) is 0.943. The number of carbonyl (C=O) groups excluding carboxylic acids is 1. The lowest BCUT2D eigenvalue weighted by molar-refractivity contribution is 0.0266. The molecule has 0 atom stereocenters. The van der Waals surface area contributed by atoms with E-state index < -0.39 is 12.2 Å². The van der Waals surface area contributed by atoms with Crippen LogP contribution in [-0.4, -0.2) is 31.3 Å². The van der Waals surface area contributed by atoms with Crippen molar-refractivity contribution in [3.05, 3.63) is 35.6 Å². The van der Waals surface area contributed by atoms with Gasteiger partial charge in [-0.2, -0.15) is 0 Å². The summed E-state index contributed by atoms with van der Waals surface area (Å²) in [6.07, 6.45) is 3.31. The molecule has 4 nitrogen and oxygen atoms in total. The second-order valence-corrected chi connectivity index (χ2v) is 5.81. The predicted octanol–water partition coefficient (Wildman–Crippen LogP) is 3.24. The first kappa shape index (κ1) is 15.0. The lowest BCUT2D eigenvalue weighted by Crippen LogP contribution is -2.53. The normalized spacial score (nSPS) is 17.5. The van der Waals surface area contributed by atoms with Gasteiger partial charge >= 0.3 is 0 Å². The lowest BCUT2D eigenvalue weighted by atomic mass is 9.91. The Morgan fingerprint density at radius 3 is 2.82 bits per heavy atom. The SMILES string of the molecule is CCc1ccc2occ(C(=O)NC3(CF)CCOCC3)c2c1. The van der Waals surface area contributed by atoms with Crippen LogP contribution in [0, 0.1) is 0 Å². The Bertz CT molecular complexity index is 674. The molecule has 0 radical (unpaired) electrons. The summed E-state index contributed by atoms with van der Waals surface area (Å²) in [5.41, 5.74) is 1.45. The van der Waals surface area contributed by atoms with Crippen molar-refractivity contribution in [2.45, 2.75) is 31.7 Å². The summed E-state index contributed by atoms with van der Waals surface area (Å²) in [6, 6.07) is 5.80. The van der Waals surface area contributed by atoms with Crippen molar-refractivity contribution in [2.24, 2.45) is 0 Å². The van der Waals surface area contributed by atoms with Crippen LogP contribution in [0.3, 0.4) is 0 Å². The molecule has 1 amide bonds. The average molecular weight is 305 g/mol. The number of fused-ring (bicyclic) bond motifs is 1. The van der Waals surface area contributed by atoms with Crippen LogP contribution in [0.25, 0.3) is 11.0 Å². The third-order valence-corrected chi connectivity index (χ3v) is 4.38. The molecule has 2 aromatic rings. The van der Waals surface area contributed by atoms with Gasteiger partial charge in [-0.25, -0.2) is 4.39 Å². The summed E-state index contributed by atoms with van der Waals surface area (Å²) in [5, 5.41) is 3.64. The fraction of sp³-hybridized carbons (Fsp3) is 0.471. The van der Waals surface area contributed by atoms with E-state index in [2.05, 4.69) is 12.2 Å². The number of benzene rings is 1. The summed E-state index contributed by atoms with van der Waals surface area (Å²) in [6.45, 7) is 2.41. The zero-order valence-corrected chi connectivity index (χ0v) is 12.7. The van der Waals surface area contributed by atoms with Gasteiger partial charge in [0.05, 0.1) is 11.1 Å². The van der Waals surface area contributed by atoms with Crippen LogP contribution in [0.4, 0.5) is 4.39 Å². The Hall–Kier alpha value is -1.88. The van der Waals surface area contributed by atoms with Crippen LogP contribution < -0.4 is 5.32 Å². The van der Waals surface area contributed by atoms with Gasteiger partial charge < -0.3 is 14.5 Å². The topological polar surface area (TPSA) is 51.5 Å². The highest BCUT2D eigenvalue weighted by Crippen LogP contribution is 2.26. The third kappa shape index (κ3) is 2.73. The summed E-state index contributed by atoms with van der Waals surface area (Å²) in [5.74, 6) is -0.286. The van der Waals surface area contributed by atoms with Gasteiger partial charge in [0.2, 0.25) is 0 Å². The molecule has 1 aromatic carbocycles. The maximum Gasteiger partial charge on any atom is 0.255 e. The molecule has 118 valence electrons. The van der Waals surface area contributed by atoms with Gasteiger partial charge in [0.25, 0.3) is 5.91 Å². The first-order valence-corrected chi connectivity index (χ1v) is 7.64. The Balaban J connectivity index is 1.88. The molecule has 3 rings (SSSR count). The van der Waals surface area contributed by atoms with E-state index in [1.807, 2.05) is 18.2 Å². The lowest BCUT2D eigenvalue weighted by Gasteiger charge is -2.35. The Morgan fingerprint density at radius 1 is 1.36 bits per heavy atom. The minimum absolute atomic E-state index is 0.286. The van der Waals surface area contributed by atoms with Crippen molar-refractivity contribution in [3.8, 4) is 0 Å². The second-order valence-electron chi connectivity index (χ2n) is 5.81. The first-order chi connectivity index (χ1) is 10.7. The van der Waals surface area contributed by atoms with Crippen LogP contribution in [0.5, 0.6) is 0 Å². The molecular weight excluding hydrogens is 285 g/mol. The number of nitrogens with one attached hydrogen (secondary N) is 1. The number of ether oxygens (including phenoxy) is 1. The number of halogens is 1. The molecule has 5 heteroatoms. The van der Waals surface area contributed by atoms with Crippen LogP contribution in [0.1, 0.15) is 35.7 Å². The molecule has 1 fully saturated rings. The zero-order chi connectivity index (χ0) is 15.6. The van der Waals surface area contributed by atoms with E-state index in [-0.39, 0.29) is 5.91 Å². The van der Waals surface area contributed by atoms with Crippen LogP contribution >= 0.6 is 0 Å². The number of alkyl halides is 1.